The van der Waals surface area contributed by atoms with E-state index in [1.54, 1.807) is 39.0 Å². The Hall–Kier alpha value is -3.52. The van der Waals surface area contributed by atoms with Crippen LogP contribution in [0.4, 0.5) is 13.2 Å². The largest absolute Gasteiger partial charge is 0.493 e. The summed E-state index contributed by atoms with van der Waals surface area (Å²) >= 11 is 0. The van der Waals surface area contributed by atoms with Gasteiger partial charge in [-0.15, -0.1) is 0 Å². The number of halogens is 3. The van der Waals surface area contributed by atoms with E-state index in [9.17, 15) is 18.0 Å². The van der Waals surface area contributed by atoms with E-state index in [4.69, 9.17) is 18.9 Å². The predicted molar refractivity (Wildman–Crippen MR) is 137 cm³/mol. The molecule has 0 aromatic heterocycles. The van der Waals surface area contributed by atoms with Gasteiger partial charge >= 0.3 is 12.1 Å². The standard InChI is InChI=1S/C30H31F3O5/c1-29(2,3)38-27(28(34)35-4)26-22(30(31,32)33)13-15-24(37-18-19-9-6-5-7-10-19)25(26)21-12-14-23-20(17-21)11-8-16-36-23/h5-7,9-10,12-15,17,27H,8,11,16,18H2,1-4H3. The van der Waals surface area contributed by atoms with E-state index in [0.29, 0.717) is 17.9 Å². The van der Waals surface area contributed by atoms with Crippen molar-refractivity contribution in [2.75, 3.05) is 13.7 Å². The van der Waals surface area contributed by atoms with Crippen LogP contribution in [0.1, 0.15) is 55.5 Å². The van der Waals surface area contributed by atoms with Gasteiger partial charge in [0.1, 0.15) is 18.1 Å². The number of methoxy groups -OCH3 is 1. The number of hydrogen-bond donors (Lipinski definition) is 0. The summed E-state index contributed by atoms with van der Waals surface area (Å²) in [5, 5.41) is 0. The normalized spacial score (nSPS) is 14.3. The van der Waals surface area contributed by atoms with Gasteiger partial charge in [0.15, 0.2) is 6.10 Å². The molecule has 5 nitrogen and oxygen atoms in total. The molecule has 0 spiro atoms. The number of carbonyl (C=O) groups is 1. The minimum Gasteiger partial charge on any atom is -0.493 e. The molecule has 0 saturated carbocycles. The van der Waals surface area contributed by atoms with Gasteiger partial charge in [0.25, 0.3) is 0 Å². The van der Waals surface area contributed by atoms with Crippen LogP contribution in [0.15, 0.2) is 60.7 Å². The second-order valence-electron chi connectivity index (χ2n) is 10.1. The highest BCUT2D eigenvalue weighted by atomic mass is 19.4. The first-order valence-electron chi connectivity index (χ1n) is 12.4. The quantitative estimate of drug-likeness (QED) is 0.301. The smallest absolute Gasteiger partial charge is 0.416 e. The first kappa shape index (κ1) is 27.5. The van der Waals surface area contributed by atoms with Crippen LogP contribution in [-0.2, 0) is 33.5 Å². The van der Waals surface area contributed by atoms with Crippen LogP contribution in [0, 0.1) is 0 Å². The molecule has 3 aromatic carbocycles. The third-order valence-corrected chi connectivity index (χ3v) is 6.10. The van der Waals surface area contributed by atoms with Crippen molar-refractivity contribution in [1.82, 2.24) is 0 Å². The van der Waals surface area contributed by atoms with Gasteiger partial charge < -0.3 is 18.9 Å². The minimum absolute atomic E-state index is 0.121. The number of carbonyl (C=O) groups excluding carboxylic acids is 1. The maximum Gasteiger partial charge on any atom is 0.416 e. The number of esters is 1. The molecule has 1 aliphatic rings. The van der Waals surface area contributed by atoms with E-state index in [-0.39, 0.29) is 23.5 Å². The molecule has 38 heavy (non-hydrogen) atoms. The Morgan fingerprint density at radius 2 is 1.76 bits per heavy atom. The number of benzene rings is 3. The van der Waals surface area contributed by atoms with Gasteiger partial charge in [0.05, 0.1) is 24.9 Å². The summed E-state index contributed by atoms with van der Waals surface area (Å²) in [4.78, 5) is 13.0. The molecule has 8 heteroatoms. The van der Waals surface area contributed by atoms with Gasteiger partial charge in [-0.05, 0) is 74.6 Å². The lowest BCUT2D eigenvalue weighted by Crippen LogP contribution is -2.30. The summed E-state index contributed by atoms with van der Waals surface area (Å²) in [5.41, 5.74) is 0.0128. The highest BCUT2D eigenvalue weighted by Crippen LogP contribution is 2.47. The summed E-state index contributed by atoms with van der Waals surface area (Å²) in [6, 6.07) is 16.8. The number of ether oxygens (including phenoxy) is 4. The van der Waals surface area contributed by atoms with Crippen LogP contribution < -0.4 is 9.47 Å². The maximum atomic E-state index is 14.5. The number of aryl methyl sites for hydroxylation is 1. The molecule has 3 aromatic rings. The van der Waals surface area contributed by atoms with Crippen molar-refractivity contribution < 1.29 is 36.9 Å². The fraction of sp³-hybridized carbons (Fsp3) is 0.367. The number of hydrogen-bond acceptors (Lipinski definition) is 5. The SMILES string of the molecule is COC(=O)C(OC(C)(C)C)c1c(C(F)(F)F)ccc(OCc2ccccc2)c1-c1ccc2c(c1)CCCO2. The Kier molecular flexibility index (Phi) is 8.02. The Balaban J connectivity index is 1.98. The second-order valence-corrected chi connectivity index (χ2v) is 10.1. The second kappa shape index (κ2) is 11.1. The molecule has 4 rings (SSSR count). The van der Waals surface area contributed by atoms with Crippen LogP contribution in [0.25, 0.3) is 11.1 Å². The molecular weight excluding hydrogens is 497 g/mol. The van der Waals surface area contributed by atoms with Gasteiger partial charge in [0.2, 0.25) is 0 Å². The molecule has 0 N–H and O–H groups in total. The zero-order valence-corrected chi connectivity index (χ0v) is 21.9. The molecule has 1 aliphatic heterocycles. The average Bonchev–Trinajstić information content (AvgIpc) is 2.88. The molecule has 1 atom stereocenters. The summed E-state index contributed by atoms with van der Waals surface area (Å²) in [6.07, 6.45) is -4.91. The third-order valence-electron chi connectivity index (χ3n) is 6.10. The summed E-state index contributed by atoms with van der Waals surface area (Å²) in [6.45, 7) is 5.71. The van der Waals surface area contributed by atoms with Gasteiger partial charge in [0, 0.05) is 11.1 Å². The minimum atomic E-state index is -4.77. The topological polar surface area (TPSA) is 54.0 Å². The van der Waals surface area contributed by atoms with Gasteiger partial charge in [-0.2, -0.15) is 13.2 Å². The lowest BCUT2D eigenvalue weighted by atomic mass is 9.88. The summed E-state index contributed by atoms with van der Waals surface area (Å²) in [7, 11) is 1.13. The van der Waals surface area contributed by atoms with Crippen LogP contribution in [0.2, 0.25) is 0 Å². The van der Waals surface area contributed by atoms with Crippen LogP contribution >= 0.6 is 0 Å². The Labute approximate surface area is 220 Å². The fourth-order valence-corrected chi connectivity index (χ4v) is 4.47. The molecule has 202 valence electrons. The summed E-state index contributed by atoms with van der Waals surface area (Å²) in [5.74, 6) is -0.0520. The first-order chi connectivity index (χ1) is 18.0. The van der Waals surface area contributed by atoms with E-state index in [1.165, 1.54) is 6.07 Å². The molecule has 0 amide bonds. The van der Waals surface area contributed by atoms with Crippen LogP contribution in [0.5, 0.6) is 11.5 Å². The van der Waals surface area contributed by atoms with E-state index < -0.39 is 29.4 Å². The Morgan fingerprint density at radius 3 is 2.42 bits per heavy atom. The van der Waals surface area contributed by atoms with Crippen molar-refractivity contribution in [1.29, 1.82) is 0 Å². The average molecular weight is 529 g/mol. The van der Waals surface area contributed by atoms with Crippen molar-refractivity contribution in [3.63, 3.8) is 0 Å². The molecule has 0 saturated heterocycles. The number of rotatable bonds is 7. The molecule has 0 aliphatic carbocycles. The maximum absolute atomic E-state index is 14.5. The lowest BCUT2D eigenvalue weighted by Gasteiger charge is -2.30. The zero-order chi connectivity index (χ0) is 27.5. The third kappa shape index (κ3) is 6.30. The number of fused-ring (bicyclic) bond motifs is 1. The van der Waals surface area contributed by atoms with Crippen molar-refractivity contribution >= 4 is 5.97 Å². The number of alkyl halides is 3. The predicted octanol–water partition coefficient (Wildman–Crippen LogP) is 7.31. The molecule has 0 radical (unpaired) electrons. The van der Waals surface area contributed by atoms with Gasteiger partial charge in [-0.25, -0.2) is 4.79 Å². The van der Waals surface area contributed by atoms with Crippen molar-refractivity contribution in [3.05, 3.63) is 82.9 Å². The molecule has 1 unspecified atom stereocenters. The first-order valence-corrected chi connectivity index (χ1v) is 12.4. The van der Waals surface area contributed by atoms with Gasteiger partial charge in [-0.3, -0.25) is 0 Å². The van der Waals surface area contributed by atoms with Crippen molar-refractivity contribution in [2.24, 2.45) is 0 Å². The highest BCUT2D eigenvalue weighted by molar-refractivity contribution is 5.85. The molecule has 0 fully saturated rings. The van der Waals surface area contributed by atoms with E-state index in [2.05, 4.69) is 0 Å². The van der Waals surface area contributed by atoms with E-state index in [0.717, 1.165) is 37.1 Å². The highest BCUT2D eigenvalue weighted by Gasteiger charge is 2.42. The van der Waals surface area contributed by atoms with Crippen molar-refractivity contribution in [3.8, 4) is 22.6 Å². The van der Waals surface area contributed by atoms with E-state index >= 15 is 0 Å². The van der Waals surface area contributed by atoms with Crippen LogP contribution in [-0.4, -0.2) is 25.3 Å². The Morgan fingerprint density at radius 1 is 1.03 bits per heavy atom. The lowest BCUT2D eigenvalue weighted by molar-refractivity contribution is -0.166. The fourth-order valence-electron chi connectivity index (χ4n) is 4.47. The molecular formula is C30H31F3O5. The monoisotopic (exact) mass is 528 g/mol. The van der Waals surface area contributed by atoms with Crippen molar-refractivity contribution in [2.45, 2.75) is 58.1 Å². The Bertz CT molecular complexity index is 1280. The zero-order valence-electron chi connectivity index (χ0n) is 21.9. The summed E-state index contributed by atoms with van der Waals surface area (Å²) < 4.78 is 66.2. The van der Waals surface area contributed by atoms with Gasteiger partial charge in [-0.1, -0.05) is 36.4 Å². The van der Waals surface area contributed by atoms with Crippen LogP contribution in [0.3, 0.4) is 0 Å². The molecule has 0 bridgehead atoms. The van der Waals surface area contributed by atoms with E-state index in [1.807, 2.05) is 30.3 Å². The molecule has 1 heterocycles.